The van der Waals surface area contributed by atoms with Crippen LogP contribution in [-0.2, 0) is 4.79 Å². The molecule has 6 nitrogen and oxygen atoms in total. The van der Waals surface area contributed by atoms with E-state index in [1.807, 2.05) is 41.3 Å². The van der Waals surface area contributed by atoms with Gasteiger partial charge in [0.25, 0.3) is 0 Å². The molecule has 0 saturated carbocycles. The van der Waals surface area contributed by atoms with Gasteiger partial charge in [0.2, 0.25) is 5.91 Å². The van der Waals surface area contributed by atoms with Crippen molar-refractivity contribution in [1.29, 1.82) is 0 Å². The molecule has 0 radical (unpaired) electrons. The smallest absolute Gasteiger partial charge is 0.233 e. The molecular formula is C22H21N3O3S. The highest BCUT2D eigenvalue weighted by atomic mass is 32.2. The minimum atomic E-state index is 0.0843. The molecule has 1 aromatic heterocycles. The second kappa shape index (κ2) is 7.91. The monoisotopic (exact) mass is 407 g/mol. The van der Waals surface area contributed by atoms with Gasteiger partial charge in [-0.15, -0.1) is 0 Å². The number of amides is 1. The van der Waals surface area contributed by atoms with Crippen molar-refractivity contribution in [2.45, 2.75) is 23.9 Å². The third-order valence-corrected chi connectivity index (χ3v) is 6.35. The van der Waals surface area contributed by atoms with Crippen LogP contribution in [0.4, 0.5) is 0 Å². The number of carbonyl (C=O) groups excluding carboxylic acids is 1. The van der Waals surface area contributed by atoms with Gasteiger partial charge in [0.15, 0.2) is 11.5 Å². The van der Waals surface area contributed by atoms with Crippen molar-refractivity contribution in [3.05, 3.63) is 54.4 Å². The Hall–Kier alpha value is -2.80. The van der Waals surface area contributed by atoms with Crippen LogP contribution >= 0.6 is 11.8 Å². The summed E-state index contributed by atoms with van der Waals surface area (Å²) in [7, 11) is 0. The molecule has 7 heteroatoms. The molecule has 1 fully saturated rings. The molecule has 2 aliphatic rings. The Morgan fingerprint density at radius 3 is 2.90 bits per heavy atom. The number of thioether (sulfide) groups is 1. The number of carbonyl (C=O) groups is 1. The summed E-state index contributed by atoms with van der Waals surface area (Å²) >= 11 is 1.48. The highest BCUT2D eigenvalue weighted by Gasteiger charge is 2.31. The summed E-state index contributed by atoms with van der Waals surface area (Å²) < 4.78 is 11.3. The average molecular weight is 407 g/mol. The van der Waals surface area contributed by atoms with Crippen molar-refractivity contribution in [2.75, 3.05) is 25.5 Å². The maximum absolute atomic E-state index is 13.0. The summed E-state index contributed by atoms with van der Waals surface area (Å²) in [6.45, 7) is 1.92. The van der Waals surface area contributed by atoms with Gasteiger partial charge in [-0.05, 0) is 36.6 Å². The first-order chi connectivity index (χ1) is 14.3. The molecule has 0 aliphatic carbocycles. The molecule has 0 N–H and O–H groups in total. The molecule has 148 valence electrons. The lowest BCUT2D eigenvalue weighted by atomic mass is 10.0. The minimum absolute atomic E-state index is 0.0843. The zero-order valence-electron chi connectivity index (χ0n) is 15.9. The molecule has 29 heavy (non-hydrogen) atoms. The van der Waals surface area contributed by atoms with Crippen molar-refractivity contribution in [3.8, 4) is 11.5 Å². The highest BCUT2D eigenvalue weighted by molar-refractivity contribution is 8.00. The van der Waals surface area contributed by atoms with E-state index in [2.05, 4.69) is 16.0 Å². The van der Waals surface area contributed by atoms with Crippen molar-refractivity contribution in [2.24, 2.45) is 0 Å². The highest BCUT2D eigenvalue weighted by Crippen LogP contribution is 2.38. The van der Waals surface area contributed by atoms with Gasteiger partial charge in [0.05, 0.1) is 17.3 Å². The van der Waals surface area contributed by atoms with Gasteiger partial charge < -0.3 is 14.4 Å². The summed E-state index contributed by atoms with van der Waals surface area (Å²) in [5.74, 6) is 2.05. The third-order valence-electron chi connectivity index (χ3n) is 5.36. The van der Waals surface area contributed by atoms with E-state index in [1.54, 1.807) is 6.33 Å². The van der Waals surface area contributed by atoms with Gasteiger partial charge in [-0.3, -0.25) is 4.79 Å². The van der Waals surface area contributed by atoms with Gasteiger partial charge in [0, 0.05) is 11.9 Å². The first kappa shape index (κ1) is 18.2. The molecule has 5 rings (SSSR count). The number of ether oxygens (including phenoxy) is 2. The SMILES string of the molecule is O=C(CSc1ncnc2ccccc12)N1CCCC1c1ccc2c(c1)OCCO2. The number of nitrogens with zero attached hydrogens (tertiary/aromatic N) is 3. The number of aromatic nitrogens is 2. The lowest BCUT2D eigenvalue weighted by Gasteiger charge is -2.26. The largest absolute Gasteiger partial charge is 0.486 e. The van der Waals surface area contributed by atoms with Gasteiger partial charge in [-0.25, -0.2) is 9.97 Å². The lowest BCUT2D eigenvalue weighted by molar-refractivity contribution is -0.129. The Kier molecular flexibility index (Phi) is 4.97. The Morgan fingerprint density at radius 1 is 1.10 bits per heavy atom. The van der Waals surface area contributed by atoms with Crippen molar-refractivity contribution in [1.82, 2.24) is 14.9 Å². The Labute approximate surface area is 173 Å². The molecule has 2 aliphatic heterocycles. The molecule has 0 spiro atoms. The van der Waals surface area contributed by atoms with Crippen LogP contribution < -0.4 is 9.47 Å². The first-order valence-corrected chi connectivity index (χ1v) is 10.8. The van der Waals surface area contributed by atoms with Gasteiger partial charge in [-0.1, -0.05) is 36.0 Å². The Balaban J connectivity index is 1.31. The molecule has 3 aromatic rings. The predicted octanol–water partition coefficient (Wildman–Crippen LogP) is 3.86. The van der Waals surface area contributed by atoms with Crippen LogP contribution in [0.2, 0.25) is 0 Å². The fourth-order valence-electron chi connectivity index (χ4n) is 3.99. The van der Waals surface area contributed by atoms with E-state index in [1.165, 1.54) is 11.8 Å². The maximum atomic E-state index is 13.0. The summed E-state index contributed by atoms with van der Waals surface area (Å²) in [5, 5.41) is 1.83. The molecule has 1 atom stereocenters. The zero-order valence-corrected chi connectivity index (χ0v) is 16.7. The molecule has 3 heterocycles. The van der Waals surface area contributed by atoms with E-state index in [0.29, 0.717) is 19.0 Å². The van der Waals surface area contributed by atoms with Crippen LogP contribution in [0.15, 0.2) is 53.8 Å². The Morgan fingerprint density at radius 2 is 1.97 bits per heavy atom. The van der Waals surface area contributed by atoms with Gasteiger partial charge in [0.1, 0.15) is 24.6 Å². The number of para-hydroxylation sites is 1. The van der Waals surface area contributed by atoms with Crippen LogP contribution in [0.1, 0.15) is 24.4 Å². The van der Waals surface area contributed by atoms with Crippen LogP contribution in [0.3, 0.4) is 0 Å². The summed E-state index contributed by atoms with van der Waals surface area (Å²) in [6, 6.07) is 14.0. The topological polar surface area (TPSA) is 64.6 Å². The zero-order chi connectivity index (χ0) is 19.6. The van der Waals surface area contributed by atoms with Crippen LogP contribution in [0, 0.1) is 0 Å². The molecule has 1 saturated heterocycles. The second-order valence-corrected chi connectivity index (χ2v) is 8.10. The van der Waals surface area contributed by atoms with E-state index < -0.39 is 0 Å². The number of hydrogen-bond acceptors (Lipinski definition) is 6. The standard InChI is InChI=1S/C22H21N3O3S/c26-21(13-29-22-16-4-1-2-5-17(16)23-14-24-22)25-9-3-6-18(25)15-7-8-19-20(12-15)28-11-10-27-19/h1-2,4-5,7-8,12,14,18H,3,6,9-11,13H2. The fourth-order valence-corrected chi connectivity index (χ4v) is 4.86. The number of likely N-dealkylation sites (tertiary alicyclic amines) is 1. The molecular weight excluding hydrogens is 386 g/mol. The van der Waals surface area contributed by atoms with E-state index in [9.17, 15) is 4.79 Å². The van der Waals surface area contributed by atoms with Crippen LogP contribution in [-0.4, -0.2) is 46.3 Å². The minimum Gasteiger partial charge on any atom is -0.486 e. The summed E-state index contributed by atoms with van der Waals surface area (Å²) in [4.78, 5) is 23.7. The number of fused-ring (bicyclic) bond motifs is 2. The quantitative estimate of drug-likeness (QED) is 0.483. The normalized spacial score (nSPS) is 18.2. The van der Waals surface area contributed by atoms with Crippen molar-refractivity contribution in [3.63, 3.8) is 0 Å². The number of benzene rings is 2. The molecule has 1 amide bonds. The molecule has 0 bridgehead atoms. The average Bonchev–Trinajstić information content (AvgIpc) is 3.27. The van der Waals surface area contributed by atoms with E-state index in [0.717, 1.165) is 52.4 Å². The van der Waals surface area contributed by atoms with Crippen molar-refractivity contribution >= 4 is 28.6 Å². The fraction of sp³-hybridized carbons (Fsp3) is 0.318. The lowest BCUT2D eigenvalue weighted by Crippen LogP contribution is -2.32. The van der Waals surface area contributed by atoms with Crippen LogP contribution in [0.25, 0.3) is 10.9 Å². The van der Waals surface area contributed by atoms with Crippen molar-refractivity contribution < 1.29 is 14.3 Å². The number of rotatable bonds is 4. The first-order valence-electron chi connectivity index (χ1n) is 9.81. The molecule has 1 unspecified atom stereocenters. The van der Waals surface area contributed by atoms with Gasteiger partial charge >= 0.3 is 0 Å². The maximum Gasteiger partial charge on any atom is 0.233 e. The number of hydrogen-bond donors (Lipinski definition) is 0. The van der Waals surface area contributed by atoms with E-state index in [4.69, 9.17) is 9.47 Å². The van der Waals surface area contributed by atoms with Crippen LogP contribution in [0.5, 0.6) is 11.5 Å². The van der Waals surface area contributed by atoms with E-state index in [-0.39, 0.29) is 11.9 Å². The van der Waals surface area contributed by atoms with Gasteiger partial charge in [-0.2, -0.15) is 0 Å². The summed E-state index contributed by atoms with van der Waals surface area (Å²) in [6.07, 6.45) is 3.53. The summed E-state index contributed by atoms with van der Waals surface area (Å²) in [5.41, 5.74) is 2.00. The Bertz CT molecular complexity index is 1050. The van der Waals surface area contributed by atoms with E-state index >= 15 is 0 Å². The second-order valence-electron chi connectivity index (χ2n) is 7.13. The predicted molar refractivity (Wildman–Crippen MR) is 111 cm³/mol. The molecule has 2 aromatic carbocycles. The third kappa shape index (κ3) is 3.62.